The number of nitrogens with zero attached hydrogens (tertiary/aromatic N) is 6. The van der Waals surface area contributed by atoms with Crippen LogP contribution in [0.3, 0.4) is 0 Å². The summed E-state index contributed by atoms with van der Waals surface area (Å²) in [6.45, 7) is 5.71. The van der Waals surface area contributed by atoms with Crippen molar-refractivity contribution in [2.75, 3.05) is 0 Å². The van der Waals surface area contributed by atoms with Crippen molar-refractivity contribution in [1.29, 1.82) is 0 Å². The number of aromatic nitrogens is 8. The van der Waals surface area contributed by atoms with Crippen molar-refractivity contribution in [1.82, 2.24) is 39.5 Å². The maximum Gasteiger partial charge on any atom is 0.262 e. The Hall–Kier alpha value is -4.30. The topological polar surface area (TPSA) is 168 Å². The van der Waals surface area contributed by atoms with Gasteiger partial charge in [0.25, 0.3) is 11.1 Å². The van der Waals surface area contributed by atoms with Crippen molar-refractivity contribution in [2.24, 2.45) is 0 Å². The molecule has 0 aliphatic carbocycles. The van der Waals surface area contributed by atoms with Crippen LogP contribution in [0.5, 0.6) is 11.5 Å². The first-order chi connectivity index (χ1) is 25.2. The Bertz CT molecular complexity index is 2620. The van der Waals surface area contributed by atoms with Crippen LogP contribution in [0.25, 0.3) is 33.4 Å². The molecule has 274 valence electrons. The number of hydrogen-bond donors (Lipinski definition) is 4. The Kier molecular flexibility index (Phi) is 11.3. The predicted molar refractivity (Wildman–Crippen MR) is 210 cm³/mol. The van der Waals surface area contributed by atoms with Crippen LogP contribution in [0.1, 0.15) is 49.4 Å². The summed E-state index contributed by atoms with van der Waals surface area (Å²) in [4.78, 5) is 39.8. The first-order valence-corrected chi connectivity index (χ1v) is 18.3. The van der Waals surface area contributed by atoms with E-state index >= 15 is 0 Å². The van der Waals surface area contributed by atoms with Crippen molar-refractivity contribution < 1.29 is 10.2 Å². The number of fused-ring (bicyclic) bond motifs is 2. The van der Waals surface area contributed by atoms with Crippen molar-refractivity contribution in [3.05, 3.63) is 122 Å². The standard InChI is InChI=1S/C20H15Cl3N4O3.C15H13Cl3N4O/c1-2-13-17-19(27(26-13)18-11(22)7-10(21)8-12(18)23)24-16(25-20(17)30)6-9-3-4-14(28)15(29)5-9;1-3-10-12-14(19-11(4-2)20-15(12)23)22(21-10)13-8(17)5-7(16)6-9(13)18/h3-5,7-8,28-29H,2,6H2,1H3,(H,24,25,30);5-6H,3-4H2,1-2H3,(H,19,20,23). The van der Waals surface area contributed by atoms with E-state index in [1.807, 2.05) is 20.8 Å². The molecular weight excluding hydrogens is 809 g/mol. The lowest BCUT2D eigenvalue weighted by Crippen LogP contribution is -2.13. The molecule has 18 heteroatoms. The molecule has 0 spiro atoms. The SMILES string of the molecule is CCc1nc2c(c(CC)nn2-c2c(Cl)cc(Cl)cc2Cl)c(=O)[nH]1.CCc1nn(-c2c(Cl)cc(Cl)cc2Cl)c2nc(Cc3ccc(O)c(O)c3)[nH]c(=O)c12. The minimum absolute atomic E-state index is 0.212. The fourth-order valence-corrected chi connectivity index (χ4v) is 7.63. The molecule has 0 aliphatic rings. The number of nitrogens with one attached hydrogen (secondary N) is 2. The second kappa shape index (κ2) is 15.6. The fourth-order valence-electron chi connectivity index (χ4n) is 5.68. The number of aromatic amines is 2. The van der Waals surface area contributed by atoms with Gasteiger partial charge in [-0.05, 0) is 54.8 Å². The van der Waals surface area contributed by atoms with Crippen LogP contribution in [0.15, 0.2) is 52.1 Å². The van der Waals surface area contributed by atoms with E-state index in [2.05, 4.69) is 30.1 Å². The molecule has 0 saturated heterocycles. The van der Waals surface area contributed by atoms with Crippen molar-refractivity contribution in [2.45, 2.75) is 46.5 Å². The van der Waals surface area contributed by atoms with E-state index in [1.54, 1.807) is 18.2 Å². The summed E-state index contributed by atoms with van der Waals surface area (Å²) in [6.07, 6.45) is 1.90. The van der Waals surface area contributed by atoms with Crippen LogP contribution in [0.4, 0.5) is 0 Å². The lowest BCUT2D eigenvalue weighted by atomic mass is 10.1. The molecule has 3 aromatic carbocycles. The monoisotopic (exact) mass is 834 g/mol. The van der Waals surface area contributed by atoms with Gasteiger partial charge in [0.2, 0.25) is 0 Å². The van der Waals surface area contributed by atoms with E-state index in [9.17, 15) is 19.8 Å². The number of phenols is 2. The summed E-state index contributed by atoms with van der Waals surface area (Å²) in [5.74, 6) is 0.442. The van der Waals surface area contributed by atoms with Gasteiger partial charge in [-0.3, -0.25) is 9.59 Å². The van der Waals surface area contributed by atoms with Crippen LogP contribution in [-0.2, 0) is 25.7 Å². The van der Waals surface area contributed by atoms with Gasteiger partial charge in [-0.1, -0.05) is 96.4 Å². The molecule has 7 aromatic rings. The van der Waals surface area contributed by atoms with Crippen LogP contribution in [-0.4, -0.2) is 49.7 Å². The molecule has 0 bridgehead atoms. The normalized spacial score (nSPS) is 11.3. The third kappa shape index (κ3) is 7.57. The van der Waals surface area contributed by atoms with Gasteiger partial charge in [0, 0.05) is 22.9 Å². The van der Waals surface area contributed by atoms with Gasteiger partial charge in [0.05, 0.1) is 31.5 Å². The molecule has 7 rings (SSSR count). The second-order valence-corrected chi connectivity index (χ2v) is 14.1. The molecule has 12 nitrogen and oxygen atoms in total. The van der Waals surface area contributed by atoms with Gasteiger partial charge in [-0.15, -0.1) is 0 Å². The molecule has 0 saturated carbocycles. The highest BCUT2D eigenvalue weighted by atomic mass is 35.5. The van der Waals surface area contributed by atoms with Crippen molar-refractivity contribution in [3.8, 4) is 22.9 Å². The highest BCUT2D eigenvalue weighted by Crippen LogP contribution is 2.35. The van der Waals surface area contributed by atoms with E-state index < -0.39 is 0 Å². The first-order valence-electron chi connectivity index (χ1n) is 16.1. The Morgan fingerprint density at radius 3 is 1.45 bits per heavy atom. The van der Waals surface area contributed by atoms with Crippen LogP contribution in [0.2, 0.25) is 30.1 Å². The molecule has 4 N–H and O–H groups in total. The average molecular weight is 837 g/mol. The van der Waals surface area contributed by atoms with Gasteiger partial charge in [0.1, 0.15) is 33.8 Å². The number of aryl methyl sites for hydroxylation is 3. The van der Waals surface area contributed by atoms with Gasteiger partial charge in [0.15, 0.2) is 22.8 Å². The summed E-state index contributed by atoms with van der Waals surface area (Å²) in [6, 6.07) is 10.6. The van der Waals surface area contributed by atoms with Crippen LogP contribution < -0.4 is 11.1 Å². The summed E-state index contributed by atoms with van der Waals surface area (Å²) in [5.41, 5.74) is 2.86. The Morgan fingerprint density at radius 1 is 0.604 bits per heavy atom. The maximum atomic E-state index is 12.8. The molecule has 0 amide bonds. The smallest absolute Gasteiger partial charge is 0.262 e. The molecule has 4 aromatic heterocycles. The van der Waals surface area contributed by atoms with Gasteiger partial charge >= 0.3 is 0 Å². The fraction of sp³-hybridized carbons (Fsp3) is 0.200. The lowest BCUT2D eigenvalue weighted by Gasteiger charge is -2.09. The van der Waals surface area contributed by atoms with E-state index in [-0.39, 0.29) is 39.1 Å². The molecule has 0 atom stereocenters. The molecule has 0 radical (unpaired) electrons. The average Bonchev–Trinajstić information content (AvgIpc) is 3.65. The minimum atomic E-state index is -0.345. The number of phenolic OH excluding ortho intramolecular Hbond substituents is 2. The lowest BCUT2D eigenvalue weighted by molar-refractivity contribution is 0.403. The number of hydrogen-bond acceptors (Lipinski definition) is 8. The zero-order valence-electron chi connectivity index (χ0n) is 28.0. The second-order valence-electron chi connectivity index (χ2n) is 11.6. The Labute approximate surface area is 330 Å². The number of rotatable bonds is 7. The molecule has 0 aliphatic heterocycles. The molecular formula is C35H28Cl6N8O4. The van der Waals surface area contributed by atoms with E-state index in [4.69, 9.17) is 69.6 Å². The van der Waals surface area contributed by atoms with Crippen molar-refractivity contribution >= 4 is 91.7 Å². The zero-order chi connectivity index (χ0) is 38.3. The van der Waals surface area contributed by atoms with Crippen LogP contribution in [0, 0.1) is 0 Å². The molecule has 53 heavy (non-hydrogen) atoms. The largest absolute Gasteiger partial charge is 0.504 e. The zero-order valence-corrected chi connectivity index (χ0v) is 32.6. The van der Waals surface area contributed by atoms with E-state index in [0.29, 0.717) is 101 Å². The molecule has 0 fully saturated rings. The number of halogens is 6. The van der Waals surface area contributed by atoms with Crippen molar-refractivity contribution in [3.63, 3.8) is 0 Å². The number of H-pyrrole nitrogens is 2. The third-order valence-electron chi connectivity index (χ3n) is 8.12. The molecule has 0 unspecified atom stereocenters. The Morgan fingerprint density at radius 2 is 1.04 bits per heavy atom. The van der Waals surface area contributed by atoms with Gasteiger partial charge in [-0.2, -0.15) is 10.2 Å². The third-order valence-corrected chi connectivity index (χ3v) is 9.71. The first kappa shape index (κ1) is 38.4. The maximum absolute atomic E-state index is 12.8. The number of benzene rings is 3. The predicted octanol–water partition coefficient (Wildman–Crippen LogP) is 8.83. The number of aromatic hydroxyl groups is 2. The van der Waals surface area contributed by atoms with Gasteiger partial charge in [-0.25, -0.2) is 19.3 Å². The summed E-state index contributed by atoms with van der Waals surface area (Å²) < 4.78 is 2.96. The Balaban J connectivity index is 0.000000188. The quantitative estimate of drug-likeness (QED) is 0.116. The highest BCUT2D eigenvalue weighted by molar-refractivity contribution is 6.41. The summed E-state index contributed by atoms with van der Waals surface area (Å²) >= 11 is 37.3. The van der Waals surface area contributed by atoms with E-state index in [1.165, 1.54) is 33.6 Å². The molecule has 4 heterocycles. The van der Waals surface area contributed by atoms with Crippen LogP contribution >= 0.6 is 69.6 Å². The summed E-state index contributed by atoms with van der Waals surface area (Å²) in [7, 11) is 0. The minimum Gasteiger partial charge on any atom is -0.504 e. The summed E-state index contributed by atoms with van der Waals surface area (Å²) in [5, 5.41) is 31.0. The highest BCUT2D eigenvalue weighted by Gasteiger charge is 2.22. The van der Waals surface area contributed by atoms with Gasteiger partial charge < -0.3 is 20.2 Å². The van der Waals surface area contributed by atoms with E-state index in [0.717, 1.165) is 0 Å².